The van der Waals surface area contributed by atoms with Crippen molar-refractivity contribution in [2.24, 2.45) is 7.05 Å². The molecule has 0 saturated carbocycles. The molecule has 0 atom stereocenters. The third-order valence-electron chi connectivity index (χ3n) is 1.72. The fourth-order valence-corrected chi connectivity index (χ4v) is 1.13. The quantitative estimate of drug-likeness (QED) is 0.506. The number of ether oxygens (including phenoxy) is 2. The summed E-state index contributed by atoms with van der Waals surface area (Å²) >= 11 is 0. The van der Waals surface area contributed by atoms with E-state index in [0.29, 0.717) is 6.29 Å². The fourth-order valence-electron chi connectivity index (χ4n) is 1.13. The van der Waals surface area contributed by atoms with E-state index in [2.05, 4.69) is 9.84 Å². The Bertz CT molecular complexity index is 370. The molecule has 0 fully saturated rings. The third kappa shape index (κ3) is 1.46. The molecule has 1 aromatic heterocycles. The smallest absolute Gasteiger partial charge is 0.360 e. The van der Waals surface area contributed by atoms with Gasteiger partial charge < -0.3 is 9.47 Å². The first-order chi connectivity index (χ1) is 6.65. The van der Waals surface area contributed by atoms with Crippen LogP contribution in [0.3, 0.4) is 0 Å². The van der Waals surface area contributed by atoms with Gasteiger partial charge in [-0.25, -0.2) is 4.79 Å². The lowest BCUT2D eigenvalue weighted by Crippen LogP contribution is -2.09. The number of esters is 1. The fraction of sp³-hybridized carbons (Fsp3) is 0.375. The average molecular weight is 198 g/mol. The van der Waals surface area contributed by atoms with Gasteiger partial charge in [0.15, 0.2) is 23.4 Å². The molecule has 6 nitrogen and oxygen atoms in total. The first-order valence-electron chi connectivity index (χ1n) is 3.80. The maximum absolute atomic E-state index is 11.3. The van der Waals surface area contributed by atoms with Crippen LogP contribution in [-0.4, -0.2) is 36.3 Å². The molecular weight excluding hydrogens is 188 g/mol. The zero-order valence-electron chi connectivity index (χ0n) is 8.10. The maximum Gasteiger partial charge on any atom is 0.360 e. The summed E-state index contributed by atoms with van der Waals surface area (Å²) in [5.74, 6) is -0.459. The third-order valence-corrected chi connectivity index (χ3v) is 1.72. The average Bonchev–Trinajstić information content (AvgIpc) is 2.53. The topological polar surface area (TPSA) is 70.4 Å². The van der Waals surface area contributed by atoms with Gasteiger partial charge in [-0.3, -0.25) is 9.48 Å². The number of hydrogen-bond acceptors (Lipinski definition) is 5. The van der Waals surface area contributed by atoms with Crippen molar-refractivity contribution < 1.29 is 19.1 Å². The Kier molecular flexibility index (Phi) is 2.85. The van der Waals surface area contributed by atoms with E-state index in [1.807, 2.05) is 0 Å². The summed E-state index contributed by atoms with van der Waals surface area (Å²) < 4.78 is 10.7. The molecular formula is C8H10N2O4. The van der Waals surface area contributed by atoms with E-state index in [0.717, 1.165) is 0 Å². The number of methoxy groups -OCH3 is 2. The number of nitrogens with zero attached hydrogens (tertiary/aromatic N) is 2. The molecule has 6 heteroatoms. The lowest BCUT2D eigenvalue weighted by molar-refractivity contribution is 0.0584. The molecule has 0 amide bonds. The molecule has 14 heavy (non-hydrogen) atoms. The zero-order valence-corrected chi connectivity index (χ0v) is 8.10. The summed E-state index contributed by atoms with van der Waals surface area (Å²) in [5, 5.41) is 3.79. The molecule has 0 aliphatic heterocycles. The van der Waals surface area contributed by atoms with Gasteiger partial charge in [0, 0.05) is 7.05 Å². The normalized spacial score (nSPS) is 9.64. The number of hydrogen-bond donors (Lipinski definition) is 0. The Morgan fingerprint density at radius 1 is 1.50 bits per heavy atom. The summed E-state index contributed by atoms with van der Waals surface area (Å²) in [5.41, 5.74) is 0.201. The molecule has 76 valence electrons. The lowest BCUT2D eigenvalue weighted by Gasteiger charge is -2.01. The highest BCUT2D eigenvalue weighted by Gasteiger charge is 2.23. The van der Waals surface area contributed by atoms with Crippen molar-refractivity contribution in [1.82, 2.24) is 9.78 Å². The van der Waals surface area contributed by atoms with Gasteiger partial charge in [-0.05, 0) is 0 Å². The van der Waals surface area contributed by atoms with Crippen molar-refractivity contribution in [2.45, 2.75) is 0 Å². The molecule has 0 spiro atoms. The summed E-state index contributed by atoms with van der Waals surface area (Å²) in [6.45, 7) is 0. The lowest BCUT2D eigenvalue weighted by atomic mass is 10.3. The molecule has 0 unspecified atom stereocenters. The van der Waals surface area contributed by atoms with Crippen LogP contribution in [0.2, 0.25) is 0 Å². The van der Waals surface area contributed by atoms with Gasteiger partial charge in [-0.2, -0.15) is 5.10 Å². The number of carbonyl (C=O) groups is 2. The van der Waals surface area contributed by atoms with Gasteiger partial charge in [0.25, 0.3) is 0 Å². The van der Waals surface area contributed by atoms with E-state index < -0.39 is 5.97 Å². The molecule has 0 bridgehead atoms. The summed E-state index contributed by atoms with van der Waals surface area (Å²) in [6, 6.07) is 0. The van der Waals surface area contributed by atoms with Crippen LogP contribution in [-0.2, 0) is 11.8 Å². The predicted molar refractivity (Wildman–Crippen MR) is 46.5 cm³/mol. The number of aromatic nitrogens is 2. The minimum Gasteiger partial charge on any atom is -0.492 e. The van der Waals surface area contributed by atoms with E-state index >= 15 is 0 Å². The molecule has 0 N–H and O–H groups in total. The highest BCUT2D eigenvalue weighted by molar-refractivity contribution is 5.94. The van der Waals surface area contributed by atoms with Crippen molar-refractivity contribution >= 4 is 12.3 Å². The Morgan fingerprint density at radius 3 is 2.57 bits per heavy atom. The summed E-state index contributed by atoms with van der Waals surface area (Å²) in [4.78, 5) is 21.8. The maximum atomic E-state index is 11.3. The van der Waals surface area contributed by atoms with Gasteiger partial charge in [-0.15, -0.1) is 0 Å². The Balaban J connectivity index is 3.32. The van der Waals surface area contributed by atoms with Gasteiger partial charge in [-0.1, -0.05) is 0 Å². The molecule has 1 rings (SSSR count). The highest BCUT2D eigenvalue weighted by Crippen LogP contribution is 2.21. The number of rotatable bonds is 3. The number of aryl methyl sites for hydroxylation is 1. The Labute approximate surface area is 80.4 Å². The van der Waals surface area contributed by atoms with E-state index in [1.54, 1.807) is 0 Å². The second-order valence-electron chi connectivity index (χ2n) is 2.50. The molecule has 0 aliphatic carbocycles. The minimum atomic E-state index is -0.593. The highest BCUT2D eigenvalue weighted by atomic mass is 16.5. The van der Waals surface area contributed by atoms with Crippen LogP contribution in [0.4, 0.5) is 0 Å². The number of aldehydes is 1. The van der Waals surface area contributed by atoms with E-state index in [1.165, 1.54) is 25.9 Å². The second-order valence-corrected chi connectivity index (χ2v) is 2.50. The zero-order chi connectivity index (χ0) is 10.7. The molecule has 1 aromatic rings. The van der Waals surface area contributed by atoms with Crippen molar-refractivity contribution in [3.8, 4) is 5.75 Å². The van der Waals surface area contributed by atoms with Crippen LogP contribution in [0.5, 0.6) is 5.75 Å². The van der Waals surface area contributed by atoms with E-state index in [-0.39, 0.29) is 17.1 Å². The molecule has 0 aliphatic rings. The van der Waals surface area contributed by atoms with Crippen LogP contribution in [0, 0.1) is 0 Å². The molecule has 0 saturated heterocycles. The Morgan fingerprint density at radius 2 is 2.14 bits per heavy atom. The van der Waals surface area contributed by atoms with Crippen LogP contribution >= 0.6 is 0 Å². The standard InChI is InChI=1S/C8H10N2O4/c1-10-6(8(12)14-3)7(13-2)5(4-11)9-10/h4H,1-3H3. The molecule has 0 aromatic carbocycles. The van der Waals surface area contributed by atoms with Crippen LogP contribution in [0.15, 0.2) is 0 Å². The largest absolute Gasteiger partial charge is 0.492 e. The van der Waals surface area contributed by atoms with E-state index in [4.69, 9.17) is 4.74 Å². The Hall–Kier alpha value is -1.85. The minimum absolute atomic E-state index is 0.0791. The van der Waals surface area contributed by atoms with Crippen molar-refractivity contribution in [2.75, 3.05) is 14.2 Å². The van der Waals surface area contributed by atoms with Gasteiger partial charge in [0.1, 0.15) is 0 Å². The van der Waals surface area contributed by atoms with Crippen molar-refractivity contribution in [3.63, 3.8) is 0 Å². The predicted octanol–water partition coefficient (Wildman–Crippen LogP) is 0.0278. The van der Waals surface area contributed by atoms with Crippen LogP contribution < -0.4 is 4.74 Å². The number of carbonyl (C=O) groups excluding carboxylic acids is 2. The van der Waals surface area contributed by atoms with Gasteiger partial charge in [0.2, 0.25) is 0 Å². The van der Waals surface area contributed by atoms with Crippen molar-refractivity contribution in [1.29, 1.82) is 0 Å². The van der Waals surface area contributed by atoms with Crippen LogP contribution in [0.1, 0.15) is 21.0 Å². The first kappa shape index (κ1) is 10.2. The summed E-state index contributed by atoms with van der Waals surface area (Å²) in [7, 11) is 4.13. The van der Waals surface area contributed by atoms with Crippen molar-refractivity contribution in [3.05, 3.63) is 11.4 Å². The summed E-state index contributed by atoms with van der Waals surface area (Å²) in [6.07, 6.45) is 0.519. The second kappa shape index (κ2) is 3.91. The van der Waals surface area contributed by atoms with E-state index in [9.17, 15) is 9.59 Å². The first-order valence-corrected chi connectivity index (χ1v) is 3.80. The monoisotopic (exact) mass is 198 g/mol. The molecule has 0 radical (unpaired) electrons. The van der Waals surface area contributed by atoms with Crippen LogP contribution in [0.25, 0.3) is 0 Å². The van der Waals surface area contributed by atoms with Gasteiger partial charge in [0.05, 0.1) is 14.2 Å². The molecule has 1 heterocycles. The SMILES string of the molecule is COC(=O)c1c(OC)c(C=O)nn1C. The van der Waals surface area contributed by atoms with Gasteiger partial charge >= 0.3 is 5.97 Å².